The van der Waals surface area contributed by atoms with E-state index in [0.29, 0.717) is 4.80 Å². The van der Waals surface area contributed by atoms with E-state index in [9.17, 15) is 10.1 Å². The summed E-state index contributed by atoms with van der Waals surface area (Å²) in [6.45, 7) is 4.02. The number of non-ortho nitro benzene ring substituents is 1. The van der Waals surface area contributed by atoms with Crippen molar-refractivity contribution >= 4 is 51.6 Å². The quantitative estimate of drug-likeness (QED) is 0.134. The van der Waals surface area contributed by atoms with Gasteiger partial charge in [0.05, 0.1) is 33.4 Å². The van der Waals surface area contributed by atoms with E-state index in [0.717, 1.165) is 50.1 Å². The molecule has 0 spiro atoms. The van der Waals surface area contributed by atoms with Crippen molar-refractivity contribution in [2.24, 2.45) is 10.1 Å². The molecule has 0 atom stereocenters. The van der Waals surface area contributed by atoms with Crippen molar-refractivity contribution in [1.29, 1.82) is 0 Å². The van der Waals surface area contributed by atoms with Crippen LogP contribution in [0.3, 0.4) is 0 Å². The lowest BCUT2D eigenvalue weighted by Gasteiger charge is -2.21. The van der Waals surface area contributed by atoms with E-state index in [-0.39, 0.29) is 5.69 Å². The summed E-state index contributed by atoms with van der Waals surface area (Å²) in [4.78, 5) is 18.7. The fourth-order valence-corrected chi connectivity index (χ4v) is 6.05. The van der Waals surface area contributed by atoms with Crippen molar-refractivity contribution in [2.45, 2.75) is 23.6 Å². The van der Waals surface area contributed by atoms with Gasteiger partial charge in [0.15, 0.2) is 0 Å². The van der Waals surface area contributed by atoms with E-state index >= 15 is 0 Å². The van der Waals surface area contributed by atoms with Crippen molar-refractivity contribution in [2.75, 3.05) is 5.32 Å². The Kier molecular flexibility index (Phi) is 6.60. The lowest BCUT2D eigenvalue weighted by Crippen LogP contribution is -2.14. The van der Waals surface area contributed by atoms with Gasteiger partial charge >= 0.3 is 0 Å². The van der Waals surface area contributed by atoms with Gasteiger partial charge in [-0.2, -0.15) is 5.10 Å². The van der Waals surface area contributed by atoms with Crippen LogP contribution in [-0.2, 0) is 0 Å². The second kappa shape index (κ2) is 10.4. The summed E-state index contributed by atoms with van der Waals surface area (Å²) in [6.07, 6.45) is 0. The van der Waals surface area contributed by atoms with E-state index in [1.165, 1.54) is 28.4 Å². The number of nitro groups is 1. The van der Waals surface area contributed by atoms with Gasteiger partial charge in [-0.3, -0.25) is 10.1 Å². The highest BCUT2D eigenvalue weighted by Gasteiger charge is 2.17. The molecule has 0 saturated carbocycles. The van der Waals surface area contributed by atoms with Crippen LogP contribution in [-0.4, -0.2) is 15.3 Å². The SMILES string of the molecule is CC(=Nn1c(-c2ccc([N+](=O)[O-])cc2)csc1=Nc1ccc(C)cc1)c1ccc2c(c1)Nc1ccccc1S2. The highest BCUT2D eigenvalue weighted by molar-refractivity contribution is 7.99. The smallest absolute Gasteiger partial charge is 0.269 e. The first-order valence-corrected chi connectivity index (χ1v) is 13.9. The normalized spacial score (nSPS) is 13.0. The molecule has 0 radical (unpaired) electrons. The highest BCUT2D eigenvalue weighted by Crippen LogP contribution is 2.44. The number of hydrogen-bond donors (Lipinski definition) is 1. The summed E-state index contributed by atoms with van der Waals surface area (Å²) in [6, 6.07) is 29.1. The number of hydrogen-bond acceptors (Lipinski definition) is 7. The molecular formula is C30H23N5O2S2. The monoisotopic (exact) mass is 549 g/mol. The third-order valence-corrected chi connectivity index (χ3v) is 8.31. The number of fused-ring (bicyclic) bond motifs is 2. The van der Waals surface area contributed by atoms with E-state index in [4.69, 9.17) is 10.1 Å². The molecule has 5 aromatic rings. The zero-order valence-electron chi connectivity index (χ0n) is 21.2. The molecule has 0 bridgehead atoms. The number of nitrogens with zero attached hydrogens (tertiary/aromatic N) is 4. The van der Waals surface area contributed by atoms with Gasteiger partial charge in [-0.1, -0.05) is 47.7 Å². The molecule has 0 fully saturated rings. The molecule has 9 heteroatoms. The Hall–Kier alpha value is -4.47. The summed E-state index contributed by atoms with van der Waals surface area (Å²) in [5.41, 5.74) is 7.59. The molecule has 0 saturated heterocycles. The number of anilines is 2. The molecule has 1 aliphatic heterocycles. The lowest BCUT2D eigenvalue weighted by atomic mass is 10.1. The minimum atomic E-state index is -0.396. The van der Waals surface area contributed by atoms with Crippen LogP contribution in [0.25, 0.3) is 11.3 Å². The van der Waals surface area contributed by atoms with Crippen molar-refractivity contribution in [1.82, 2.24) is 4.68 Å². The Morgan fingerprint density at radius 2 is 1.67 bits per heavy atom. The summed E-state index contributed by atoms with van der Waals surface area (Å²) in [5, 5.41) is 21.7. The third kappa shape index (κ3) is 5.14. The number of nitrogens with one attached hydrogen (secondary N) is 1. The molecule has 2 heterocycles. The molecule has 0 unspecified atom stereocenters. The van der Waals surface area contributed by atoms with Crippen LogP contribution in [0.5, 0.6) is 0 Å². The fourth-order valence-electron chi connectivity index (χ4n) is 4.23. The Labute approximate surface area is 233 Å². The van der Waals surface area contributed by atoms with Crippen LogP contribution < -0.4 is 10.1 Å². The lowest BCUT2D eigenvalue weighted by molar-refractivity contribution is -0.384. The summed E-state index contributed by atoms with van der Waals surface area (Å²) in [5.74, 6) is 0. The van der Waals surface area contributed by atoms with Gasteiger partial charge in [-0.25, -0.2) is 9.67 Å². The number of aryl methyl sites for hydroxylation is 1. The molecule has 0 aliphatic carbocycles. The first-order chi connectivity index (χ1) is 18.9. The number of thiazole rings is 1. The van der Waals surface area contributed by atoms with Gasteiger partial charge in [0, 0.05) is 32.9 Å². The maximum absolute atomic E-state index is 11.2. The first-order valence-electron chi connectivity index (χ1n) is 12.3. The average Bonchev–Trinajstić information content (AvgIpc) is 3.34. The molecule has 7 nitrogen and oxygen atoms in total. The van der Waals surface area contributed by atoms with Crippen LogP contribution in [0, 0.1) is 17.0 Å². The van der Waals surface area contributed by atoms with Crippen LogP contribution in [0.4, 0.5) is 22.7 Å². The summed E-state index contributed by atoms with van der Waals surface area (Å²) >= 11 is 3.22. The van der Waals surface area contributed by atoms with Crippen LogP contribution >= 0.6 is 23.1 Å². The van der Waals surface area contributed by atoms with Crippen molar-refractivity contribution < 1.29 is 4.92 Å². The maximum atomic E-state index is 11.2. The molecule has 1 aromatic heterocycles. The standard InChI is InChI=1S/C30H23N5O2S2/c1-19-7-12-23(13-8-19)31-30-34(27(18-38-30)21-9-14-24(15-10-21)35(36)37)33-20(2)22-11-16-29-26(17-22)32-25-5-3-4-6-28(25)39-29/h3-18,32H,1-2H3. The zero-order chi connectivity index (χ0) is 26.9. The molecule has 0 amide bonds. The maximum Gasteiger partial charge on any atom is 0.269 e. The summed E-state index contributed by atoms with van der Waals surface area (Å²) in [7, 11) is 0. The third-order valence-electron chi connectivity index (χ3n) is 6.34. The minimum absolute atomic E-state index is 0.0470. The molecule has 6 rings (SSSR count). The number of para-hydroxylation sites is 1. The van der Waals surface area contributed by atoms with Crippen LogP contribution in [0.15, 0.2) is 116 Å². The molecule has 1 N–H and O–H groups in total. The number of rotatable bonds is 5. The topological polar surface area (TPSA) is 84.8 Å². The Morgan fingerprint density at radius 3 is 2.44 bits per heavy atom. The van der Waals surface area contributed by atoms with Crippen LogP contribution in [0.1, 0.15) is 18.1 Å². The van der Waals surface area contributed by atoms with Gasteiger partial charge in [-0.05, 0) is 67.9 Å². The van der Waals surface area contributed by atoms with E-state index in [2.05, 4.69) is 35.6 Å². The van der Waals surface area contributed by atoms with Gasteiger partial charge in [0.25, 0.3) is 5.69 Å². The van der Waals surface area contributed by atoms with Crippen molar-refractivity contribution in [3.05, 3.63) is 122 Å². The molecule has 4 aromatic carbocycles. The van der Waals surface area contributed by atoms with Gasteiger partial charge in [-0.15, -0.1) is 11.3 Å². The van der Waals surface area contributed by atoms with Gasteiger partial charge in [0.2, 0.25) is 4.80 Å². The fraction of sp³-hybridized carbons (Fsp3) is 0.0667. The predicted molar refractivity (Wildman–Crippen MR) is 159 cm³/mol. The number of nitro benzene ring substituents is 1. The second-order valence-corrected chi connectivity index (χ2v) is 11.0. The number of benzene rings is 4. The Balaban J connectivity index is 1.43. The molecule has 39 heavy (non-hydrogen) atoms. The average molecular weight is 550 g/mol. The first kappa shape index (κ1) is 24.8. The minimum Gasteiger partial charge on any atom is -0.354 e. The van der Waals surface area contributed by atoms with Crippen molar-refractivity contribution in [3.8, 4) is 11.3 Å². The molecule has 192 valence electrons. The van der Waals surface area contributed by atoms with E-state index < -0.39 is 4.92 Å². The Bertz CT molecular complexity index is 1800. The van der Waals surface area contributed by atoms with Crippen molar-refractivity contribution in [3.63, 3.8) is 0 Å². The summed E-state index contributed by atoms with van der Waals surface area (Å²) < 4.78 is 1.82. The number of aromatic nitrogens is 1. The Morgan fingerprint density at radius 1 is 0.923 bits per heavy atom. The highest BCUT2D eigenvalue weighted by atomic mass is 32.2. The van der Waals surface area contributed by atoms with E-state index in [1.807, 2.05) is 60.3 Å². The largest absolute Gasteiger partial charge is 0.354 e. The van der Waals surface area contributed by atoms with Gasteiger partial charge < -0.3 is 5.32 Å². The second-order valence-electron chi connectivity index (χ2n) is 9.09. The zero-order valence-corrected chi connectivity index (χ0v) is 22.8. The van der Waals surface area contributed by atoms with Gasteiger partial charge in [0.1, 0.15) is 0 Å². The van der Waals surface area contributed by atoms with Crippen LogP contribution in [0.2, 0.25) is 0 Å². The molecule has 1 aliphatic rings. The molecular weight excluding hydrogens is 526 g/mol. The van der Waals surface area contributed by atoms with E-state index in [1.54, 1.807) is 23.9 Å². The predicted octanol–water partition coefficient (Wildman–Crippen LogP) is 8.15.